The van der Waals surface area contributed by atoms with E-state index in [-0.39, 0.29) is 5.41 Å². The quantitative estimate of drug-likeness (QED) is 0.196. The summed E-state index contributed by atoms with van der Waals surface area (Å²) in [5.41, 5.74) is 12.1. The fourth-order valence-electron chi connectivity index (χ4n) is 8.16. The Kier molecular flexibility index (Phi) is 5.12. The molecule has 1 nitrogen and oxygen atoms in total. The number of rotatable bonds is 2. The summed E-state index contributed by atoms with van der Waals surface area (Å²) < 4.78 is 6.63. The Morgan fingerprint density at radius 1 is 0.435 bits per heavy atom. The van der Waals surface area contributed by atoms with Crippen LogP contribution >= 0.6 is 0 Å². The summed E-state index contributed by atoms with van der Waals surface area (Å²) in [6.45, 7) is 4.78. The van der Waals surface area contributed by atoms with E-state index >= 15 is 0 Å². The van der Waals surface area contributed by atoms with Gasteiger partial charge in [-0.15, -0.1) is 0 Å². The lowest BCUT2D eigenvalue weighted by Gasteiger charge is -2.23. The van der Waals surface area contributed by atoms with E-state index in [0.717, 1.165) is 21.9 Å². The zero-order chi connectivity index (χ0) is 30.6. The number of fused-ring (bicyclic) bond motifs is 10. The Hall–Kier alpha value is -5.66. The lowest BCUT2D eigenvalue weighted by molar-refractivity contribution is 0.661. The largest absolute Gasteiger partial charge is 0.455 e. The fraction of sp³-hybridized carbons (Fsp3) is 0.0667. The molecule has 1 heterocycles. The molecule has 1 aromatic heterocycles. The van der Waals surface area contributed by atoms with Crippen molar-refractivity contribution in [2.75, 3.05) is 0 Å². The molecule has 0 saturated heterocycles. The van der Waals surface area contributed by atoms with E-state index in [1.165, 1.54) is 76.8 Å². The standard InChI is InChI=1S/C45H30O/c1-45(2)39-25-30-14-4-3-13-29(30)23-38(39)42-37(35-19-9-15-27-11-5-7-16-32(27)35)24-31(26-40(42)45)33-18-10-20-41-43(33)36-22-21-28-12-6-8-17-34(28)44(36)46-41/h3-26H,1-2H3. The van der Waals surface area contributed by atoms with Crippen LogP contribution in [0, 0.1) is 0 Å². The van der Waals surface area contributed by atoms with Gasteiger partial charge in [-0.25, -0.2) is 0 Å². The van der Waals surface area contributed by atoms with Gasteiger partial charge in [0, 0.05) is 21.6 Å². The Bertz CT molecular complexity index is 2720. The van der Waals surface area contributed by atoms with Gasteiger partial charge in [0.1, 0.15) is 11.2 Å². The van der Waals surface area contributed by atoms with Gasteiger partial charge in [0.2, 0.25) is 0 Å². The third-order valence-corrected chi connectivity index (χ3v) is 10.4. The first-order valence-electron chi connectivity index (χ1n) is 16.1. The Morgan fingerprint density at radius 2 is 1.09 bits per heavy atom. The van der Waals surface area contributed by atoms with E-state index < -0.39 is 0 Å². The van der Waals surface area contributed by atoms with Crippen molar-refractivity contribution in [2.45, 2.75) is 19.3 Å². The smallest absolute Gasteiger partial charge is 0.143 e. The molecule has 0 atom stereocenters. The van der Waals surface area contributed by atoms with Gasteiger partial charge in [-0.1, -0.05) is 123 Å². The molecule has 1 aliphatic carbocycles. The van der Waals surface area contributed by atoms with Gasteiger partial charge in [-0.3, -0.25) is 0 Å². The molecule has 0 amide bonds. The lowest BCUT2D eigenvalue weighted by atomic mass is 9.79. The molecular formula is C45H30O. The van der Waals surface area contributed by atoms with Gasteiger partial charge < -0.3 is 4.42 Å². The zero-order valence-electron chi connectivity index (χ0n) is 25.8. The van der Waals surface area contributed by atoms with Crippen molar-refractivity contribution in [1.29, 1.82) is 0 Å². The molecule has 216 valence electrons. The van der Waals surface area contributed by atoms with Crippen LogP contribution in [0.4, 0.5) is 0 Å². The highest BCUT2D eigenvalue weighted by molar-refractivity contribution is 6.19. The van der Waals surface area contributed by atoms with Crippen molar-refractivity contribution >= 4 is 54.3 Å². The average molecular weight is 587 g/mol. The Morgan fingerprint density at radius 3 is 1.91 bits per heavy atom. The van der Waals surface area contributed by atoms with Crippen LogP contribution in [0.5, 0.6) is 0 Å². The number of benzene rings is 8. The maximum Gasteiger partial charge on any atom is 0.143 e. The molecule has 1 heteroatoms. The minimum absolute atomic E-state index is 0.174. The third-order valence-electron chi connectivity index (χ3n) is 10.4. The molecule has 0 fully saturated rings. The van der Waals surface area contributed by atoms with Crippen molar-refractivity contribution in [1.82, 2.24) is 0 Å². The van der Waals surface area contributed by atoms with Crippen LogP contribution in [0.1, 0.15) is 25.0 Å². The highest BCUT2D eigenvalue weighted by atomic mass is 16.3. The molecule has 10 rings (SSSR count). The van der Waals surface area contributed by atoms with Crippen LogP contribution in [0.15, 0.2) is 150 Å². The van der Waals surface area contributed by atoms with Crippen LogP contribution < -0.4 is 0 Å². The highest BCUT2D eigenvalue weighted by Crippen LogP contribution is 2.55. The number of furan rings is 1. The van der Waals surface area contributed by atoms with Gasteiger partial charge in [0.05, 0.1) is 0 Å². The normalized spacial score (nSPS) is 13.6. The van der Waals surface area contributed by atoms with E-state index in [0.29, 0.717) is 0 Å². The summed E-state index contributed by atoms with van der Waals surface area (Å²) in [5.74, 6) is 0. The minimum Gasteiger partial charge on any atom is -0.455 e. The maximum absolute atomic E-state index is 6.63. The Labute approximate surface area is 267 Å². The van der Waals surface area contributed by atoms with Gasteiger partial charge >= 0.3 is 0 Å². The van der Waals surface area contributed by atoms with Gasteiger partial charge in [0.25, 0.3) is 0 Å². The summed E-state index contributed by atoms with van der Waals surface area (Å²) in [4.78, 5) is 0. The zero-order valence-corrected chi connectivity index (χ0v) is 25.8. The molecule has 0 unspecified atom stereocenters. The average Bonchev–Trinajstić information content (AvgIpc) is 3.59. The highest BCUT2D eigenvalue weighted by Gasteiger charge is 2.38. The molecule has 0 radical (unpaired) electrons. The molecule has 0 N–H and O–H groups in total. The van der Waals surface area contributed by atoms with Crippen LogP contribution in [-0.4, -0.2) is 0 Å². The van der Waals surface area contributed by atoms with E-state index in [1.807, 2.05) is 0 Å². The first-order chi connectivity index (χ1) is 22.6. The van der Waals surface area contributed by atoms with Crippen molar-refractivity contribution in [2.24, 2.45) is 0 Å². The van der Waals surface area contributed by atoms with Crippen molar-refractivity contribution in [3.8, 4) is 33.4 Å². The fourth-order valence-corrected chi connectivity index (χ4v) is 8.16. The number of hydrogen-bond acceptors (Lipinski definition) is 1. The molecule has 0 bridgehead atoms. The molecule has 0 aliphatic heterocycles. The SMILES string of the molecule is CC1(C)c2cc3ccccc3cc2-c2c(-c3cccc4ccccc34)cc(-c3cccc4oc5c6ccccc6ccc5c34)cc21. The summed E-state index contributed by atoms with van der Waals surface area (Å²) in [6, 6.07) is 53.5. The van der Waals surface area contributed by atoms with Gasteiger partial charge in [-0.05, 0) is 108 Å². The second-order valence-electron chi connectivity index (χ2n) is 13.3. The van der Waals surface area contributed by atoms with Gasteiger partial charge in [0.15, 0.2) is 0 Å². The van der Waals surface area contributed by atoms with E-state index in [1.54, 1.807) is 0 Å². The van der Waals surface area contributed by atoms with Crippen LogP contribution in [0.3, 0.4) is 0 Å². The van der Waals surface area contributed by atoms with Crippen molar-refractivity contribution in [3.63, 3.8) is 0 Å². The topological polar surface area (TPSA) is 13.1 Å². The van der Waals surface area contributed by atoms with E-state index in [4.69, 9.17) is 4.42 Å². The van der Waals surface area contributed by atoms with Crippen molar-refractivity contribution in [3.05, 3.63) is 157 Å². The van der Waals surface area contributed by atoms with Crippen LogP contribution in [0.25, 0.3) is 87.6 Å². The summed E-state index contributed by atoms with van der Waals surface area (Å²) in [7, 11) is 0. The Balaban J connectivity index is 1.33. The minimum atomic E-state index is -0.174. The summed E-state index contributed by atoms with van der Waals surface area (Å²) in [5, 5.41) is 9.77. The molecule has 46 heavy (non-hydrogen) atoms. The second kappa shape index (κ2) is 9.19. The van der Waals surface area contributed by atoms with E-state index in [2.05, 4.69) is 159 Å². The molecule has 9 aromatic rings. The van der Waals surface area contributed by atoms with Crippen molar-refractivity contribution < 1.29 is 4.42 Å². The summed E-state index contributed by atoms with van der Waals surface area (Å²) in [6.07, 6.45) is 0. The van der Waals surface area contributed by atoms with Crippen LogP contribution in [-0.2, 0) is 5.41 Å². The monoisotopic (exact) mass is 586 g/mol. The predicted molar refractivity (Wildman–Crippen MR) is 195 cm³/mol. The second-order valence-corrected chi connectivity index (χ2v) is 13.3. The molecular weight excluding hydrogens is 556 g/mol. The van der Waals surface area contributed by atoms with Crippen LogP contribution in [0.2, 0.25) is 0 Å². The molecule has 0 saturated carbocycles. The molecule has 1 aliphatic rings. The predicted octanol–water partition coefficient (Wildman–Crippen LogP) is 12.7. The molecule has 8 aromatic carbocycles. The van der Waals surface area contributed by atoms with Gasteiger partial charge in [-0.2, -0.15) is 0 Å². The maximum atomic E-state index is 6.63. The van der Waals surface area contributed by atoms with E-state index in [9.17, 15) is 0 Å². The molecule has 0 spiro atoms. The lowest BCUT2D eigenvalue weighted by Crippen LogP contribution is -2.15. The third kappa shape index (κ3) is 3.46. The summed E-state index contributed by atoms with van der Waals surface area (Å²) >= 11 is 0. The first-order valence-corrected chi connectivity index (χ1v) is 16.1. The number of hydrogen-bond donors (Lipinski definition) is 0. The first kappa shape index (κ1) is 25.6.